The molecule has 5 heteroatoms. The molecule has 0 amide bonds. The normalized spacial score (nSPS) is 52.5. The topological polar surface area (TPSA) is 48.0 Å². The van der Waals surface area contributed by atoms with Gasteiger partial charge in [0.05, 0.1) is 31.5 Å². The molecule has 38 heavy (non-hydrogen) atoms. The van der Waals surface area contributed by atoms with Crippen molar-refractivity contribution in [1.29, 1.82) is 0 Å². The summed E-state index contributed by atoms with van der Waals surface area (Å²) in [5, 5.41) is 0. The SMILES string of the molecule is CCC[C@H]1[C@@H]2CC[C@@]34O[C@@H]5C[C@H](C)CN(CCOCCOC)[C@H]5[C@H]3CC43CC23C[C@@H]1[C@]1(C)C=CC(=O)CC1. The molecular formula is C33H51NO4. The highest BCUT2D eigenvalue weighted by molar-refractivity contribution is 5.90. The Morgan fingerprint density at radius 1 is 1.13 bits per heavy atom. The van der Waals surface area contributed by atoms with Crippen molar-refractivity contribution in [2.75, 3.05) is 40.0 Å². The first-order valence-electron chi connectivity index (χ1n) is 16.0. The molecule has 2 aliphatic heterocycles. The molecular weight excluding hydrogens is 474 g/mol. The summed E-state index contributed by atoms with van der Waals surface area (Å²) in [5.74, 6) is 4.16. The van der Waals surface area contributed by atoms with E-state index in [4.69, 9.17) is 14.2 Å². The van der Waals surface area contributed by atoms with Gasteiger partial charge in [0, 0.05) is 44.0 Å². The first-order valence-corrected chi connectivity index (χ1v) is 16.0. The average Bonchev–Trinajstić information content (AvgIpc) is 3.39. The van der Waals surface area contributed by atoms with E-state index in [0.29, 0.717) is 53.8 Å². The summed E-state index contributed by atoms with van der Waals surface area (Å²) < 4.78 is 18.5. The molecule has 2 unspecified atom stereocenters. The minimum absolute atomic E-state index is 0.142. The van der Waals surface area contributed by atoms with Gasteiger partial charge in [-0.15, -0.1) is 0 Å². The minimum Gasteiger partial charge on any atom is -0.382 e. The molecule has 6 fully saturated rings. The lowest BCUT2D eigenvalue weighted by Crippen LogP contribution is -2.64. The Morgan fingerprint density at radius 2 is 2.00 bits per heavy atom. The van der Waals surface area contributed by atoms with Gasteiger partial charge in [-0.25, -0.2) is 0 Å². The number of carbonyl (C=O) groups is 1. The summed E-state index contributed by atoms with van der Waals surface area (Å²) in [6.07, 6.45) is 17.2. The number of hydrogen-bond acceptors (Lipinski definition) is 5. The highest BCUT2D eigenvalue weighted by atomic mass is 16.5. The van der Waals surface area contributed by atoms with Crippen LogP contribution in [-0.2, 0) is 19.0 Å². The van der Waals surface area contributed by atoms with Crippen LogP contribution in [0.2, 0.25) is 0 Å². The number of carbonyl (C=O) groups excluding carboxylic acids is 1. The van der Waals surface area contributed by atoms with Crippen molar-refractivity contribution < 1.29 is 19.0 Å². The minimum atomic E-state index is 0.142. The van der Waals surface area contributed by atoms with Crippen LogP contribution in [0.4, 0.5) is 0 Å². The Hall–Kier alpha value is -0.750. The van der Waals surface area contributed by atoms with Gasteiger partial charge in [0.1, 0.15) is 0 Å². The zero-order valence-electron chi connectivity index (χ0n) is 24.4. The lowest BCUT2D eigenvalue weighted by Gasteiger charge is -2.60. The Kier molecular flexibility index (Phi) is 6.29. The van der Waals surface area contributed by atoms with Gasteiger partial charge in [0.15, 0.2) is 5.78 Å². The van der Waals surface area contributed by atoms with Crippen LogP contribution in [0, 0.1) is 45.8 Å². The number of rotatable bonds is 9. The fraction of sp³-hybridized carbons (Fsp3) is 0.909. The summed E-state index contributed by atoms with van der Waals surface area (Å²) in [4.78, 5) is 14.9. The van der Waals surface area contributed by atoms with Gasteiger partial charge in [-0.3, -0.25) is 9.69 Å². The van der Waals surface area contributed by atoms with Gasteiger partial charge in [-0.2, -0.15) is 0 Å². The fourth-order valence-electron chi connectivity index (χ4n) is 11.9. The summed E-state index contributed by atoms with van der Waals surface area (Å²) in [5.41, 5.74) is 1.29. The van der Waals surface area contributed by atoms with E-state index in [1.54, 1.807) is 7.11 Å². The first-order chi connectivity index (χ1) is 18.3. The standard InChI is InChI=1S/C33H51NO4/c1-5-6-24-25-9-12-33-27(29-28(38-33)17-22(2)20-34(29)13-14-37-16-15-36-4)19-32(33)21-31(25,32)18-26(24)30(3)10-7-23(35)8-11-30/h7,10,22,24-29H,5-6,8-9,11-21H2,1-4H3/t22-,24-,25-,26-,27+,28+,29-,30+,31?,32?,33+/m0/s1. The number of allylic oxidation sites excluding steroid dienone is 2. The maximum atomic E-state index is 12.1. The highest BCUT2D eigenvalue weighted by Gasteiger charge is 2.91. The predicted octanol–water partition coefficient (Wildman–Crippen LogP) is 5.67. The van der Waals surface area contributed by atoms with Crippen molar-refractivity contribution in [3.05, 3.63) is 12.2 Å². The van der Waals surface area contributed by atoms with Crippen LogP contribution in [0.25, 0.3) is 0 Å². The summed E-state index contributed by atoms with van der Waals surface area (Å²) in [6, 6.07) is 0.588. The Balaban J connectivity index is 1.13. The number of ether oxygens (including phenoxy) is 3. The summed E-state index contributed by atoms with van der Waals surface area (Å²) >= 11 is 0. The quantitative estimate of drug-likeness (QED) is 0.363. The van der Waals surface area contributed by atoms with E-state index in [-0.39, 0.29) is 11.0 Å². The van der Waals surface area contributed by atoms with E-state index in [1.165, 1.54) is 57.9 Å². The van der Waals surface area contributed by atoms with Crippen LogP contribution < -0.4 is 0 Å². The maximum absolute atomic E-state index is 12.1. The van der Waals surface area contributed by atoms with E-state index in [0.717, 1.165) is 43.7 Å². The van der Waals surface area contributed by atoms with Crippen molar-refractivity contribution in [1.82, 2.24) is 4.90 Å². The highest BCUT2D eigenvalue weighted by Crippen LogP contribution is 2.93. The van der Waals surface area contributed by atoms with Crippen molar-refractivity contribution >= 4 is 5.78 Å². The van der Waals surface area contributed by atoms with Crippen LogP contribution in [0.15, 0.2) is 12.2 Å². The van der Waals surface area contributed by atoms with Crippen LogP contribution in [0.3, 0.4) is 0 Å². The molecule has 2 heterocycles. The number of hydrogen-bond donors (Lipinski definition) is 0. The van der Waals surface area contributed by atoms with Crippen molar-refractivity contribution in [2.45, 2.75) is 103 Å². The van der Waals surface area contributed by atoms with Crippen LogP contribution in [0.5, 0.6) is 0 Å². The van der Waals surface area contributed by atoms with Gasteiger partial charge < -0.3 is 14.2 Å². The van der Waals surface area contributed by atoms with Crippen molar-refractivity contribution in [3.63, 3.8) is 0 Å². The third kappa shape index (κ3) is 3.40. The molecule has 7 aliphatic rings. The Bertz CT molecular complexity index is 982. The van der Waals surface area contributed by atoms with Crippen molar-refractivity contribution in [3.8, 4) is 0 Å². The smallest absolute Gasteiger partial charge is 0.155 e. The molecule has 0 N–H and O–H groups in total. The number of fused-ring (bicyclic) bond motifs is 2. The number of likely N-dealkylation sites (tertiary alicyclic amines) is 1. The second-order valence-electron chi connectivity index (χ2n) is 14.9. The molecule has 11 atom stereocenters. The van der Waals surface area contributed by atoms with Crippen molar-refractivity contribution in [2.24, 2.45) is 45.8 Å². The van der Waals surface area contributed by atoms with Gasteiger partial charge >= 0.3 is 0 Å². The van der Waals surface area contributed by atoms with Gasteiger partial charge in [-0.1, -0.05) is 39.7 Å². The average molecular weight is 526 g/mol. The molecule has 4 saturated carbocycles. The molecule has 212 valence electrons. The largest absolute Gasteiger partial charge is 0.382 e. The predicted molar refractivity (Wildman–Crippen MR) is 148 cm³/mol. The molecule has 0 radical (unpaired) electrons. The molecule has 7 rings (SSSR count). The Labute approximate surface area is 230 Å². The number of nitrogens with zero attached hydrogens (tertiary/aromatic N) is 1. The molecule has 5 aliphatic carbocycles. The lowest BCUT2D eigenvalue weighted by atomic mass is 9.47. The monoisotopic (exact) mass is 525 g/mol. The lowest BCUT2D eigenvalue weighted by molar-refractivity contribution is -0.211. The maximum Gasteiger partial charge on any atom is 0.155 e. The van der Waals surface area contributed by atoms with E-state index < -0.39 is 0 Å². The van der Waals surface area contributed by atoms with Gasteiger partial charge in [0.25, 0.3) is 0 Å². The third-order valence-electron chi connectivity index (χ3n) is 13.3. The zero-order valence-corrected chi connectivity index (χ0v) is 24.4. The first kappa shape index (κ1) is 26.2. The molecule has 2 saturated heterocycles. The van der Waals surface area contributed by atoms with Crippen LogP contribution in [-0.4, -0.2) is 68.4 Å². The number of ketones is 1. The second kappa shape index (κ2) is 9.13. The van der Waals surface area contributed by atoms with Gasteiger partial charge in [-0.05, 0) is 85.5 Å². The molecule has 3 spiro atoms. The fourth-order valence-corrected chi connectivity index (χ4v) is 11.9. The summed E-state index contributed by atoms with van der Waals surface area (Å²) in [7, 11) is 1.74. The van der Waals surface area contributed by atoms with E-state index in [9.17, 15) is 4.79 Å². The molecule has 0 aromatic rings. The number of methoxy groups -OCH3 is 1. The molecule has 0 aromatic heterocycles. The molecule has 0 aromatic carbocycles. The zero-order chi connectivity index (χ0) is 26.3. The van der Waals surface area contributed by atoms with E-state index >= 15 is 0 Å². The van der Waals surface area contributed by atoms with E-state index in [2.05, 4.69) is 31.7 Å². The third-order valence-corrected chi connectivity index (χ3v) is 13.3. The van der Waals surface area contributed by atoms with Crippen LogP contribution in [0.1, 0.15) is 85.0 Å². The number of piperidine rings is 1. The summed E-state index contributed by atoms with van der Waals surface area (Å²) in [6.45, 7) is 11.7. The van der Waals surface area contributed by atoms with Gasteiger partial charge in [0.2, 0.25) is 0 Å². The van der Waals surface area contributed by atoms with Crippen LogP contribution >= 0.6 is 0 Å². The van der Waals surface area contributed by atoms with E-state index in [1.807, 2.05) is 6.08 Å². The second-order valence-corrected chi connectivity index (χ2v) is 14.9. The Morgan fingerprint density at radius 3 is 2.76 bits per heavy atom. The molecule has 5 nitrogen and oxygen atoms in total. The molecule has 0 bridgehead atoms.